The maximum absolute atomic E-state index is 9.45. The average molecular weight is 463 g/mol. The van der Waals surface area contributed by atoms with E-state index < -0.39 is 0 Å². The minimum Gasteiger partial charge on any atom is -0.246 e. The Balaban J connectivity index is 2.30. The molecule has 0 bridgehead atoms. The Morgan fingerprint density at radius 1 is 0.692 bits per heavy atom. The van der Waals surface area contributed by atoms with Crippen molar-refractivity contribution in [3.05, 3.63) is 72.1 Å². The molecule has 1 aromatic heterocycles. The van der Waals surface area contributed by atoms with Gasteiger partial charge in [-0.25, -0.2) is 4.98 Å². The first-order chi connectivity index (χ1) is 12.3. The molecule has 2 aromatic carbocycles. The van der Waals surface area contributed by atoms with Crippen molar-refractivity contribution in [1.82, 2.24) is 4.98 Å². The number of hydrogen-bond acceptors (Lipinski definition) is 2. The molecule has 0 aliphatic rings. The summed E-state index contributed by atoms with van der Waals surface area (Å²) in [6, 6.07) is 11.5. The molecule has 0 aliphatic heterocycles. The van der Waals surface area contributed by atoms with Crippen LogP contribution in [0, 0.1) is 11.3 Å². The van der Waals surface area contributed by atoms with Gasteiger partial charge in [-0.05, 0) is 36.4 Å². The molecule has 26 heavy (non-hydrogen) atoms. The third-order valence-electron chi connectivity index (χ3n) is 3.52. The average Bonchev–Trinajstić information content (AvgIpc) is 2.53. The van der Waals surface area contributed by atoms with Gasteiger partial charge in [0.05, 0.1) is 37.0 Å². The summed E-state index contributed by atoms with van der Waals surface area (Å²) in [5, 5.41) is 11.4. The topological polar surface area (TPSA) is 36.7 Å². The number of halogens is 6. The third kappa shape index (κ3) is 3.75. The Bertz CT molecular complexity index is 1030. The summed E-state index contributed by atoms with van der Waals surface area (Å²) in [7, 11) is 0. The number of nitriles is 1. The largest absolute Gasteiger partial charge is 0.246 e. The van der Waals surface area contributed by atoms with Crippen LogP contribution in [0.4, 0.5) is 0 Å². The Morgan fingerprint density at radius 2 is 1.15 bits per heavy atom. The van der Waals surface area contributed by atoms with Crippen LogP contribution in [0.25, 0.3) is 22.5 Å². The molecule has 3 rings (SSSR count). The van der Waals surface area contributed by atoms with Crippen LogP contribution < -0.4 is 0 Å². The van der Waals surface area contributed by atoms with Crippen molar-refractivity contribution >= 4 is 69.6 Å². The first-order valence-corrected chi connectivity index (χ1v) is 9.29. The third-order valence-corrected chi connectivity index (χ3v) is 5.15. The fraction of sp³-hybridized carbons (Fsp3) is 0. The van der Waals surface area contributed by atoms with Gasteiger partial charge in [-0.3, -0.25) is 0 Å². The molecule has 0 fully saturated rings. The van der Waals surface area contributed by atoms with Gasteiger partial charge in [-0.15, -0.1) is 0 Å². The van der Waals surface area contributed by atoms with E-state index in [1.54, 1.807) is 24.3 Å². The van der Waals surface area contributed by atoms with Crippen molar-refractivity contribution in [3.63, 3.8) is 0 Å². The fourth-order valence-corrected chi connectivity index (χ4v) is 4.44. The molecule has 0 amide bonds. The smallest absolute Gasteiger partial charge is 0.101 e. The summed E-state index contributed by atoms with van der Waals surface area (Å²) in [4.78, 5) is 4.54. The molecule has 0 saturated heterocycles. The van der Waals surface area contributed by atoms with E-state index in [2.05, 4.69) is 11.1 Å². The highest BCUT2D eigenvalue weighted by atomic mass is 35.5. The molecule has 8 heteroatoms. The maximum Gasteiger partial charge on any atom is 0.101 e. The van der Waals surface area contributed by atoms with Crippen molar-refractivity contribution in [1.29, 1.82) is 5.26 Å². The summed E-state index contributed by atoms with van der Waals surface area (Å²) in [5.41, 5.74) is 1.94. The van der Waals surface area contributed by atoms with E-state index in [1.165, 1.54) is 12.1 Å². The Morgan fingerprint density at radius 3 is 1.62 bits per heavy atom. The van der Waals surface area contributed by atoms with Crippen LogP contribution in [0.15, 0.2) is 36.4 Å². The zero-order chi connectivity index (χ0) is 19.0. The van der Waals surface area contributed by atoms with Crippen LogP contribution in [0.1, 0.15) is 5.56 Å². The lowest BCUT2D eigenvalue weighted by molar-refractivity contribution is 1.30. The highest BCUT2D eigenvalue weighted by molar-refractivity contribution is 6.42. The van der Waals surface area contributed by atoms with Gasteiger partial charge >= 0.3 is 0 Å². The number of rotatable bonds is 2. The van der Waals surface area contributed by atoms with Gasteiger partial charge in [0.15, 0.2) is 0 Å². The van der Waals surface area contributed by atoms with Crippen LogP contribution in [-0.4, -0.2) is 4.98 Å². The molecule has 0 N–H and O–H groups in total. The van der Waals surface area contributed by atoms with Gasteiger partial charge in [-0.1, -0.05) is 69.6 Å². The standard InChI is InChI=1S/C18H6Cl6N2/c19-9-3-11(21)16(12(22)4-9)15-2-1-8(7-25)18(26-15)17-13(23)5-10(20)6-14(17)24/h1-6H. The number of pyridine rings is 1. The van der Waals surface area contributed by atoms with E-state index in [0.29, 0.717) is 48.2 Å². The minimum atomic E-state index is 0.275. The molecule has 0 radical (unpaired) electrons. The second kappa shape index (κ2) is 7.82. The van der Waals surface area contributed by atoms with Gasteiger partial charge in [0.25, 0.3) is 0 Å². The lowest BCUT2D eigenvalue weighted by atomic mass is 10.0. The summed E-state index contributed by atoms with van der Waals surface area (Å²) in [6.07, 6.45) is 0. The van der Waals surface area contributed by atoms with Crippen molar-refractivity contribution in [2.45, 2.75) is 0 Å². The Labute approximate surface area is 179 Å². The maximum atomic E-state index is 9.45. The Hall–Kier alpha value is -1.18. The molecular weight excluding hydrogens is 457 g/mol. The molecule has 0 saturated carbocycles. The number of benzene rings is 2. The van der Waals surface area contributed by atoms with E-state index in [9.17, 15) is 5.26 Å². The summed E-state index contributed by atoms with van der Waals surface area (Å²) in [6.45, 7) is 0. The predicted octanol–water partition coefficient (Wildman–Crippen LogP) is 8.21. The molecule has 3 aromatic rings. The van der Waals surface area contributed by atoms with Crippen molar-refractivity contribution in [2.75, 3.05) is 0 Å². The first kappa shape index (κ1) is 19.6. The van der Waals surface area contributed by atoms with Crippen molar-refractivity contribution in [2.24, 2.45) is 0 Å². The van der Waals surface area contributed by atoms with Crippen LogP contribution in [-0.2, 0) is 0 Å². The summed E-state index contributed by atoms with van der Waals surface area (Å²) >= 11 is 37.1. The predicted molar refractivity (Wildman–Crippen MR) is 110 cm³/mol. The molecule has 0 atom stereocenters. The molecule has 0 aliphatic carbocycles. The molecule has 0 spiro atoms. The van der Waals surface area contributed by atoms with Gasteiger partial charge in [0.2, 0.25) is 0 Å². The van der Waals surface area contributed by atoms with E-state index >= 15 is 0 Å². The van der Waals surface area contributed by atoms with Crippen LogP contribution >= 0.6 is 69.6 Å². The van der Waals surface area contributed by atoms with Gasteiger partial charge in [0.1, 0.15) is 6.07 Å². The number of hydrogen-bond donors (Lipinski definition) is 0. The van der Waals surface area contributed by atoms with E-state index in [-0.39, 0.29) is 10.0 Å². The van der Waals surface area contributed by atoms with Gasteiger partial charge in [0, 0.05) is 21.2 Å². The van der Waals surface area contributed by atoms with Gasteiger partial charge in [-0.2, -0.15) is 5.26 Å². The highest BCUT2D eigenvalue weighted by Crippen LogP contribution is 2.41. The summed E-state index contributed by atoms with van der Waals surface area (Å²) in [5.74, 6) is 0. The minimum absolute atomic E-state index is 0.275. The zero-order valence-corrected chi connectivity index (χ0v) is 17.2. The second-order valence-electron chi connectivity index (χ2n) is 5.19. The highest BCUT2D eigenvalue weighted by Gasteiger charge is 2.19. The monoisotopic (exact) mass is 460 g/mol. The molecule has 2 nitrogen and oxygen atoms in total. The van der Waals surface area contributed by atoms with Crippen LogP contribution in [0.3, 0.4) is 0 Å². The lowest BCUT2D eigenvalue weighted by Gasteiger charge is -2.13. The normalized spacial score (nSPS) is 10.7. The van der Waals surface area contributed by atoms with Crippen molar-refractivity contribution in [3.8, 4) is 28.6 Å². The molecule has 130 valence electrons. The fourth-order valence-electron chi connectivity index (χ4n) is 2.43. The zero-order valence-electron chi connectivity index (χ0n) is 12.6. The SMILES string of the molecule is N#Cc1ccc(-c2c(Cl)cc(Cl)cc2Cl)nc1-c1c(Cl)cc(Cl)cc1Cl. The first-order valence-electron chi connectivity index (χ1n) is 7.02. The van der Waals surface area contributed by atoms with Crippen LogP contribution in [0.2, 0.25) is 30.1 Å². The number of aromatic nitrogens is 1. The van der Waals surface area contributed by atoms with E-state index in [1.807, 2.05) is 0 Å². The molecular formula is C18H6Cl6N2. The van der Waals surface area contributed by atoms with E-state index in [0.717, 1.165) is 0 Å². The molecule has 1 heterocycles. The number of nitrogens with zero attached hydrogens (tertiary/aromatic N) is 2. The Kier molecular flexibility index (Phi) is 5.89. The lowest BCUT2D eigenvalue weighted by Crippen LogP contribution is -1.95. The quantitative estimate of drug-likeness (QED) is 0.384. The van der Waals surface area contributed by atoms with Gasteiger partial charge < -0.3 is 0 Å². The van der Waals surface area contributed by atoms with Crippen LogP contribution in [0.5, 0.6) is 0 Å². The van der Waals surface area contributed by atoms with E-state index in [4.69, 9.17) is 69.6 Å². The molecule has 0 unspecified atom stereocenters. The second-order valence-corrected chi connectivity index (χ2v) is 7.70. The summed E-state index contributed by atoms with van der Waals surface area (Å²) < 4.78 is 0. The van der Waals surface area contributed by atoms with Crippen molar-refractivity contribution < 1.29 is 0 Å².